The van der Waals surface area contributed by atoms with Crippen LogP contribution in [-0.4, -0.2) is 23.5 Å². The highest BCUT2D eigenvalue weighted by Gasteiger charge is 2.15. The van der Waals surface area contributed by atoms with Crippen LogP contribution in [-0.2, 0) is 0 Å². The van der Waals surface area contributed by atoms with Gasteiger partial charge in [0.2, 0.25) is 0 Å². The van der Waals surface area contributed by atoms with Gasteiger partial charge in [0.1, 0.15) is 5.69 Å². The molecule has 4 nitrogen and oxygen atoms in total. The number of pyridine rings is 1. The number of rotatable bonds is 5. The highest BCUT2D eigenvalue weighted by molar-refractivity contribution is 5.99. The first-order valence-electron chi connectivity index (χ1n) is 7.47. The zero-order valence-electron chi connectivity index (χ0n) is 13.1. The first-order valence-corrected chi connectivity index (χ1v) is 7.47. The third kappa shape index (κ3) is 3.51. The molecule has 112 valence electrons. The highest BCUT2D eigenvalue weighted by Crippen LogP contribution is 2.23. The number of nitrogens with one attached hydrogen (secondary N) is 2. The van der Waals surface area contributed by atoms with E-state index in [1.165, 1.54) is 0 Å². The van der Waals surface area contributed by atoms with Gasteiger partial charge in [-0.2, -0.15) is 0 Å². The number of aromatic nitrogens is 1. The van der Waals surface area contributed by atoms with Crippen molar-refractivity contribution >= 4 is 22.5 Å². The molecule has 0 aliphatic heterocycles. The maximum atomic E-state index is 12.4. The van der Waals surface area contributed by atoms with E-state index in [1.54, 1.807) is 0 Å². The Kier molecular flexibility index (Phi) is 4.78. The summed E-state index contributed by atoms with van der Waals surface area (Å²) in [5.74, 6) is 0.267. The van der Waals surface area contributed by atoms with Crippen LogP contribution in [0.3, 0.4) is 0 Å². The van der Waals surface area contributed by atoms with E-state index in [9.17, 15) is 4.79 Å². The molecule has 1 unspecified atom stereocenters. The third-order valence-corrected chi connectivity index (χ3v) is 3.67. The minimum Gasteiger partial charge on any atom is -0.385 e. The van der Waals surface area contributed by atoms with Crippen molar-refractivity contribution in [3.05, 3.63) is 36.0 Å². The van der Waals surface area contributed by atoms with Crippen molar-refractivity contribution in [1.29, 1.82) is 0 Å². The van der Waals surface area contributed by atoms with Gasteiger partial charge in [-0.3, -0.25) is 4.79 Å². The Bertz CT molecular complexity index is 637. The molecule has 0 aliphatic rings. The lowest BCUT2D eigenvalue weighted by Gasteiger charge is -2.18. The second-order valence-corrected chi connectivity index (χ2v) is 5.61. The number of hydrogen-bond donors (Lipinski definition) is 2. The van der Waals surface area contributed by atoms with Gasteiger partial charge in [0, 0.05) is 23.7 Å². The molecular formula is C17H23N3O. The second kappa shape index (κ2) is 6.57. The van der Waals surface area contributed by atoms with Crippen molar-refractivity contribution in [3.63, 3.8) is 0 Å². The van der Waals surface area contributed by atoms with E-state index in [0.29, 0.717) is 11.6 Å². The Labute approximate surface area is 126 Å². The summed E-state index contributed by atoms with van der Waals surface area (Å²) in [5, 5.41) is 7.34. The third-order valence-electron chi connectivity index (χ3n) is 3.67. The van der Waals surface area contributed by atoms with Crippen LogP contribution < -0.4 is 10.6 Å². The molecular weight excluding hydrogens is 262 g/mol. The van der Waals surface area contributed by atoms with Crippen LogP contribution in [0.1, 0.15) is 38.2 Å². The number of fused-ring (bicyclic) bond motifs is 1. The van der Waals surface area contributed by atoms with E-state index in [2.05, 4.69) is 29.5 Å². The van der Waals surface area contributed by atoms with Crippen molar-refractivity contribution in [1.82, 2.24) is 10.3 Å². The Morgan fingerprint density at radius 3 is 2.62 bits per heavy atom. The fraction of sp³-hybridized carbons (Fsp3) is 0.412. The van der Waals surface area contributed by atoms with Crippen molar-refractivity contribution in [2.24, 2.45) is 5.92 Å². The maximum absolute atomic E-state index is 12.4. The normalized spacial score (nSPS) is 12.4. The monoisotopic (exact) mass is 285 g/mol. The number of amides is 1. The molecule has 0 bridgehead atoms. The molecule has 0 saturated carbocycles. The molecule has 0 spiro atoms. The van der Waals surface area contributed by atoms with E-state index < -0.39 is 0 Å². The zero-order chi connectivity index (χ0) is 15.4. The van der Waals surface area contributed by atoms with E-state index in [0.717, 1.165) is 23.1 Å². The SMILES string of the molecule is CCNc1cc(C(=O)NC(C)C(C)C)nc2ccccc12. The highest BCUT2D eigenvalue weighted by atomic mass is 16.1. The van der Waals surface area contributed by atoms with Gasteiger partial charge in [0.25, 0.3) is 5.91 Å². The first-order chi connectivity index (χ1) is 10.0. The van der Waals surface area contributed by atoms with Gasteiger partial charge < -0.3 is 10.6 Å². The van der Waals surface area contributed by atoms with Crippen LogP contribution in [0.2, 0.25) is 0 Å². The molecule has 1 atom stereocenters. The van der Waals surface area contributed by atoms with Crippen molar-refractivity contribution in [3.8, 4) is 0 Å². The number of carbonyl (C=O) groups is 1. The predicted molar refractivity (Wildman–Crippen MR) is 87.7 cm³/mol. The average molecular weight is 285 g/mol. The summed E-state index contributed by atoms with van der Waals surface area (Å²) >= 11 is 0. The Hall–Kier alpha value is -2.10. The second-order valence-electron chi connectivity index (χ2n) is 5.61. The Morgan fingerprint density at radius 2 is 1.95 bits per heavy atom. The molecule has 2 rings (SSSR count). The molecule has 0 aliphatic carbocycles. The van der Waals surface area contributed by atoms with Gasteiger partial charge >= 0.3 is 0 Å². The van der Waals surface area contributed by atoms with Gasteiger partial charge in [-0.25, -0.2) is 4.98 Å². The van der Waals surface area contributed by atoms with Gasteiger partial charge in [0.05, 0.1) is 5.52 Å². The van der Waals surface area contributed by atoms with Gasteiger partial charge in [0.15, 0.2) is 0 Å². The average Bonchev–Trinajstić information content (AvgIpc) is 2.47. The number of anilines is 1. The smallest absolute Gasteiger partial charge is 0.270 e. The fourth-order valence-corrected chi connectivity index (χ4v) is 2.08. The van der Waals surface area contributed by atoms with Gasteiger partial charge in [-0.15, -0.1) is 0 Å². The van der Waals surface area contributed by atoms with E-state index in [4.69, 9.17) is 0 Å². The minimum absolute atomic E-state index is 0.119. The van der Waals surface area contributed by atoms with E-state index in [-0.39, 0.29) is 11.9 Å². The molecule has 0 saturated heterocycles. The molecule has 21 heavy (non-hydrogen) atoms. The number of nitrogens with zero attached hydrogens (tertiary/aromatic N) is 1. The number of carbonyl (C=O) groups excluding carboxylic acids is 1. The van der Waals surface area contributed by atoms with Crippen LogP contribution >= 0.6 is 0 Å². The summed E-state index contributed by atoms with van der Waals surface area (Å²) in [6.45, 7) is 9.02. The summed E-state index contributed by atoms with van der Waals surface area (Å²) in [6, 6.07) is 9.80. The topological polar surface area (TPSA) is 54.0 Å². The van der Waals surface area contributed by atoms with Crippen LogP contribution in [0.4, 0.5) is 5.69 Å². The molecule has 1 aromatic carbocycles. The van der Waals surface area contributed by atoms with Crippen molar-refractivity contribution in [2.75, 3.05) is 11.9 Å². The molecule has 1 aromatic heterocycles. The van der Waals surface area contributed by atoms with Crippen molar-refractivity contribution < 1.29 is 4.79 Å². The summed E-state index contributed by atoms with van der Waals surface area (Å²) < 4.78 is 0. The van der Waals surface area contributed by atoms with Crippen LogP contribution in [0.15, 0.2) is 30.3 Å². The Balaban J connectivity index is 2.38. The first kappa shape index (κ1) is 15.3. The van der Waals surface area contributed by atoms with Crippen molar-refractivity contribution in [2.45, 2.75) is 33.7 Å². The number of hydrogen-bond acceptors (Lipinski definition) is 3. The molecule has 2 N–H and O–H groups in total. The summed E-state index contributed by atoms with van der Waals surface area (Å²) in [5.41, 5.74) is 2.24. The minimum atomic E-state index is -0.124. The predicted octanol–water partition coefficient (Wildman–Crippen LogP) is 3.44. The van der Waals surface area contributed by atoms with E-state index >= 15 is 0 Å². The maximum Gasteiger partial charge on any atom is 0.270 e. The standard InChI is InChI=1S/C17H23N3O/c1-5-18-15-10-16(17(21)19-12(4)11(2)3)20-14-9-7-6-8-13(14)15/h6-12H,5H2,1-4H3,(H,18,20)(H,19,21). The number of benzene rings is 1. The summed E-state index contributed by atoms with van der Waals surface area (Å²) in [6.07, 6.45) is 0. The largest absolute Gasteiger partial charge is 0.385 e. The van der Waals surface area contributed by atoms with Gasteiger partial charge in [-0.1, -0.05) is 32.0 Å². The molecule has 2 aromatic rings. The van der Waals surface area contributed by atoms with Crippen LogP contribution in [0, 0.1) is 5.92 Å². The molecule has 0 fully saturated rings. The van der Waals surface area contributed by atoms with Gasteiger partial charge in [-0.05, 0) is 31.9 Å². The quantitative estimate of drug-likeness (QED) is 0.884. The molecule has 1 amide bonds. The van der Waals surface area contributed by atoms with Crippen LogP contribution in [0.5, 0.6) is 0 Å². The fourth-order valence-electron chi connectivity index (χ4n) is 2.08. The lowest BCUT2D eigenvalue weighted by atomic mass is 10.1. The Morgan fingerprint density at radius 1 is 1.24 bits per heavy atom. The molecule has 1 heterocycles. The zero-order valence-corrected chi connectivity index (χ0v) is 13.1. The summed E-state index contributed by atoms with van der Waals surface area (Å²) in [4.78, 5) is 16.8. The summed E-state index contributed by atoms with van der Waals surface area (Å²) in [7, 11) is 0. The van der Waals surface area contributed by atoms with E-state index in [1.807, 2.05) is 44.2 Å². The lowest BCUT2D eigenvalue weighted by Crippen LogP contribution is -2.36. The lowest BCUT2D eigenvalue weighted by molar-refractivity contribution is 0.0926. The number of para-hydroxylation sites is 1. The van der Waals surface area contributed by atoms with Crippen LogP contribution in [0.25, 0.3) is 10.9 Å². The molecule has 4 heteroatoms. The molecule has 0 radical (unpaired) electrons.